The first kappa shape index (κ1) is 15.8. The average Bonchev–Trinajstić information content (AvgIpc) is 2.46. The Balaban J connectivity index is 2.12. The zero-order valence-electron chi connectivity index (χ0n) is 12.6. The molecular weight excluding hydrogens is 280 g/mol. The number of rotatable bonds is 5. The van der Waals surface area contributed by atoms with Crippen molar-refractivity contribution in [3.63, 3.8) is 0 Å². The molecule has 2 N–H and O–H groups in total. The van der Waals surface area contributed by atoms with Crippen LogP contribution in [-0.2, 0) is 4.79 Å². The minimum Gasteiger partial charge on any atom is -0.548 e. The van der Waals surface area contributed by atoms with Crippen LogP contribution in [0.15, 0.2) is 42.5 Å². The van der Waals surface area contributed by atoms with Crippen LogP contribution in [0.25, 0.3) is 10.8 Å². The van der Waals surface area contributed by atoms with Crippen molar-refractivity contribution in [1.82, 2.24) is 5.32 Å². The summed E-state index contributed by atoms with van der Waals surface area (Å²) in [7, 11) is 0. The molecule has 0 fully saturated rings. The second-order valence-electron chi connectivity index (χ2n) is 5.63. The summed E-state index contributed by atoms with van der Waals surface area (Å²) in [6.07, 6.45) is 0.325. The minimum atomic E-state index is -1.28. The Morgan fingerprint density at radius 1 is 1.09 bits per heavy atom. The molecule has 0 aliphatic carbocycles. The molecule has 5 heteroatoms. The van der Waals surface area contributed by atoms with E-state index in [0.29, 0.717) is 12.1 Å². The van der Waals surface area contributed by atoms with E-state index in [1.807, 2.05) is 50.2 Å². The lowest BCUT2D eigenvalue weighted by molar-refractivity contribution is -0.308. The summed E-state index contributed by atoms with van der Waals surface area (Å²) in [5, 5.41) is 18.1. The number of hydrogen-bond donors (Lipinski definition) is 2. The zero-order chi connectivity index (χ0) is 16.1. The maximum Gasteiger partial charge on any atom is 0.319 e. The van der Waals surface area contributed by atoms with Crippen LogP contribution in [0.3, 0.4) is 0 Å². The van der Waals surface area contributed by atoms with E-state index in [9.17, 15) is 14.7 Å². The van der Waals surface area contributed by atoms with Gasteiger partial charge in [0, 0.05) is 5.39 Å². The smallest absolute Gasteiger partial charge is 0.319 e. The number of anilines is 1. The van der Waals surface area contributed by atoms with Gasteiger partial charge in [0.25, 0.3) is 0 Å². The van der Waals surface area contributed by atoms with Crippen molar-refractivity contribution in [3.05, 3.63) is 42.5 Å². The summed E-state index contributed by atoms with van der Waals surface area (Å²) in [6, 6.07) is 11.6. The normalized spacial score (nSPS) is 12.1. The molecule has 2 aromatic carbocycles. The van der Waals surface area contributed by atoms with Gasteiger partial charge in [0.05, 0.1) is 17.7 Å². The van der Waals surface area contributed by atoms with E-state index in [-0.39, 0.29) is 5.92 Å². The molecule has 116 valence electrons. The molecule has 0 saturated heterocycles. The second-order valence-corrected chi connectivity index (χ2v) is 5.63. The van der Waals surface area contributed by atoms with Crippen LogP contribution >= 0.6 is 0 Å². The van der Waals surface area contributed by atoms with Crippen LogP contribution in [0.2, 0.25) is 0 Å². The van der Waals surface area contributed by atoms with Gasteiger partial charge in [0.2, 0.25) is 0 Å². The lowest BCUT2D eigenvalue weighted by atomic mass is 10.0. The molecule has 5 nitrogen and oxygen atoms in total. The highest BCUT2D eigenvalue weighted by atomic mass is 16.4. The van der Waals surface area contributed by atoms with E-state index >= 15 is 0 Å². The van der Waals surface area contributed by atoms with Crippen LogP contribution in [0.5, 0.6) is 0 Å². The summed E-state index contributed by atoms with van der Waals surface area (Å²) in [6.45, 7) is 3.78. The third-order valence-electron chi connectivity index (χ3n) is 3.33. The van der Waals surface area contributed by atoms with Crippen molar-refractivity contribution in [3.8, 4) is 0 Å². The first-order chi connectivity index (χ1) is 10.5. The van der Waals surface area contributed by atoms with Crippen molar-refractivity contribution in [2.24, 2.45) is 5.92 Å². The largest absolute Gasteiger partial charge is 0.548 e. The van der Waals surface area contributed by atoms with Gasteiger partial charge in [0.15, 0.2) is 0 Å². The van der Waals surface area contributed by atoms with Crippen LogP contribution in [0.1, 0.15) is 20.3 Å². The van der Waals surface area contributed by atoms with Crippen LogP contribution in [0.4, 0.5) is 10.5 Å². The van der Waals surface area contributed by atoms with E-state index in [0.717, 1.165) is 10.8 Å². The van der Waals surface area contributed by atoms with E-state index in [1.165, 1.54) is 0 Å². The Bertz CT molecular complexity index is 677. The van der Waals surface area contributed by atoms with Gasteiger partial charge >= 0.3 is 6.03 Å². The number of amides is 2. The molecule has 0 aliphatic rings. The number of fused-ring (bicyclic) bond motifs is 1. The molecule has 2 rings (SSSR count). The Morgan fingerprint density at radius 2 is 1.77 bits per heavy atom. The van der Waals surface area contributed by atoms with Crippen molar-refractivity contribution >= 4 is 28.5 Å². The molecule has 0 aromatic heterocycles. The van der Waals surface area contributed by atoms with Gasteiger partial charge in [-0.05, 0) is 23.8 Å². The maximum absolute atomic E-state index is 12.0. The molecule has 1 atom stereocenters. The molecule has 0 bridgehead atoms. The van der Waals surface area contributed by atoms with E-state index < -0.39 is 18.0 Å². The quantitative estimate of drug-likeness (QED) is 0.887. The third kappa shape index (κ3) is 3.97. The Morgan fingerprint density at radius 3 is 2.45 bits per heavy atom. The summed E-state index contributed by atoms with van der Waals surface area (Å²) in [5.74, 6) is -1.14. The molecule has 0 radical (unpaired) electrons. The van der Waals surface area contributed by atoms with Crippen molar-refractivity contribution in [2.45, 2.75) is 26.3 Å². The number of aliphatic carboxylic acids is 1. The summed E-state index contributed by atoms with van der Waals surface area (Å²) in [4.78, 5) is 23.1. The predicted octanol–water partition coefficient (Wildman–Crippen LogP) is 2.13. The van der Waals surface area contributed by atoms with Gasteiger partial charge in [-0.1, -0.05) is 50.2 Å². The predicted molar refractivity (Wildman–Crippen MR) is 84.4 cm³/mol. The highest BCUT2D eigenvalue weighted by molar-refractivity contribution is 6.02. The number of hydrogen-bond acceptors (Lipinski definition) is 3. The number of carboxylic acids is 1. The molecule has 2 amide bonds. The van der Waals surface area contributed by atoms with Gasteiger partial charge in [0.1, 0.15) is 0 Å². The second kappa shape index (κ2) is 6.93. The van der Waals surface area contributed by atoms with Gasteiger partial charge in [-0.3, -0.25) is 0 Å². The lowest BCUT2D eigenvalue weighted by Crippen LogP contribution is -2.49. The first-order valence-electron chi connectivity index (χ1n) is 7.23. The van der Waals surface area contributed by atoms with Gasteiger partial charge in [-0.25, -0.2) is 4.79 Å². The monoisotopic (exact) mass is 299 g/mol. The Hall–Kier alpha value is -2.56. The molecular formula is C17H19N2O3-. The number of carboxylic acid groups (broad SMARTS) is 1. The number of benzene rings is 2. The Kier molecular flexibility index (Phi) is 4.99. The van der Waals surface area contributed by atoms with Gasteiger partial charge in [-0.2, -0.15) is 0 Å². The van der Waals surface area contributed by atoms with Crippen LogP contribution in [0, 0.1) is 5.92 Å². The molecule has 0 spiro atoms. The first-order valence-corrected chi connectivity index (χ1v) is 7.23. The number of carbonyl (C=O) groups is 2. The molecule has 2 aromatic rings. The topological polar surface area (TPSA) is 81.3 Å². The van der Waals surface area contributed by atoms with Crippen molar-refractivity contribution in [2.75, 3.05) is 5.32 Å². The maximum atomic E-state index is 12.0. The van der Waals surface area contributed by atoms with E-state index in [2.05, 4.69) is 10.6 Å². The zero-order valence-corrected chi connectivity index (χ0v) is 12.6. The van der Waals surface area contributed by atoms with Crippen molar-refractivity contribution in [1.29, 1.82) is 0 Å². The molecule has 0 saturated carbocycles. The number of urea groups is 1. The summed E-state index contributed by atoms with van der Waals surface area (Å²) >= 11 is 0. The highest BCUT2D eigenvalue weighted by Crippen LogP contribution is 2.22. The minimum absolute atomic E-state index is 0.140. The fourth-order valence-electron chi connectivity index (χ4n) is 2.34. The third-order valence-corrected chi connectivity index (χ3v) is 3.33. The Labute approximate surface area is 129 Å². The van der Waals surface area contributed by atoms with Crippen molar-refractivity contribution < 1.29 is 14.7 Å². The molecule has 0 heterocycles. The summed E-state index contributed by atoms with van der Waals surface area (Å²) in [5.41, 5.74) is 0.636. The number of carbonyl (C=O) groups excluding carboxylic acids is 2. The standard InChI is InChI=1S/C17H20N2O3/c1-11(2)10-15(16(20)21)19-17(22)18-14-9-5-7-12-6-3-4-8-13(12)14/h3-9,11,15H,10H2,1-2H3,(H,20,21)(H2,18,19,22)/p-1/t15-/m1/s1. The SMILES string of the molecule is CC(C)C[C@@H](NC(=O)Nc1cccc2ccccc12)C(=O)[O-]. The molecule has 0 aliphatic heterocycles. The molecule has 0 unspecified atom stereocenters. The highest BCUT2D eigenvalue weighted by Gasteiger charge is 2.15. The number of nitrogens with one attached hydrogen (secondary N) is 2. The van der Waals surface area contributed by atoms with Crippen LogP contribution < -0.4 is 15.7 Å². The van der Waals surface area contributed by atoms with Gasteiger partial charge in [-0.15, -0.1) is 0 Å². The fraction of sp³-hybridized carbons (Fsp3) is 0.294. The lowest BCUT2D eigenvalue weighted by Gasteiger charge is -2.22. The van der Waals surface area contributed by atoms with E-state index in [4.69, 9.17) is 0 Å². The average molecular weight is 299 g/mol. The summed E-state index contributed by atoms with van der Waals surface area (Å²) < 4.78 is 0. The van der Waals surface area contributed by atoms with E-state index in [1.54, 1.807) is 6.07 Å². The fourth-order valence-corrected chi connectivity index (χ4v) is 2.34. The van der Waals surface area contributed by atoms with Gasteiger partial charge < -0.3 is 20.5 Å². The van der Waals surface area contributed by atoms with Crippen LogP contribution in [-0.4, -0.2) is 18.0 Å². The molecule has 22 heavy (non-hydrogen) atoms.